The molecule has 0 aliphatic carbocycles. The van der Waals surface area contributed by atoms with Crippen molar-refractivity contribution in [1.82, 2.24) is 14.0 Å². The Bertz CT molecular complexity index is 768. The van der Waals surface area contributed by atoms with Gasteiger partial charge < -0.3 is 4.74 Å². The van der Waals surface area contributed by atoms with Crippen LogP contribution in [0, 0.1) is 0 Å². The Balaban J connectivity index is 1.85. The maximum absolute atomic E-state index is 12.8. The first-order valence-electron chi connectivity index (χ1n) is 8.08. The second kappa shape index (κ2) is 6.67. The minimum absolute atomic E-state index is 0.241. The number of ether oxygens (including phenoxy) is 1. The normalized spacial score (nSPS) is 25.2. The van der Waals surface area contributed by atoms with Gasteiger partial charge in [-0.15, -0.1) is 0 Å². The van der Waals surface area contributed by atoms with E-state index in [0.29, 0.717) is 38.1 Å². The summed E-state index contributed by atoms with van der Waals surface area (Å²) in [7, 11) is -2.46. The molecule has 1 aromatic rings. The summed E-state index contributed by atoms with van der Waals surface area (Å²) in [6.45, 7) is 0.292. The van der Waals surface area contributed by atoms with E-state index in [0.717, 1.165) is 12.8 Å². The number of hydrogen-bond donors (Lipinski definition) is 0. The number of carbonyl (C=O) groups is 1. The van der Waals surface area contributed by atoms with Crippen LogP contribution in [0.5, 0.6) is 0 Å². The summed E-state index contributed by atoms with van der Waals surface area (Å²) >= 11 is 0. The predicted molar refractivity (Wildman–Crippen MR) is 82.9 cm³/mol. The molecule has 0 spiro atoms. The highest BCUT2D eigenvalue weighted by Gasteiger charge is 2.41. The van der Waals surface area contributed by atoms with Crippen LogP contribution < -0.4 is 5.76 Å². The van der Waals surface area contributed by atoms with Crippen LogP contribution >= 0.6 is 0 Å². The Morgan fingerprint density at radius 3 is 2.88 bits per heavy atom. The average Bonchev–Trinajstić information content (AvgIpc) is 3.12. The molecule has 0 amide bonds. The van der Waals surface area contributed by atoms with Crippen molar-refractivity contribution in [1.29, 1.82) is 0 Å². The number of nitrogens with zero attached hydrogens (tertiary/aromatic N) is 3. The van der Waals surface area contributed by atoms with E-state index in [1.54, 1.807) is 0 Å². The average molecular weight is 359 g/mol. The van der Waals surface area contributed by atoms with E-state index >= 15 is 0 Å². The first kappa shape index (κ1) is 17.2. The Hall–Kier alpha value is -1.68. The summed E-state index contributed by atoms with van der Waals surface area (Å²) < 4.78 is 37.6. The monoisotopic (exact) mass is 359 g/mol. The highest BCUT2D eigenvalue weighted by Crippen LogP contribution is 2.28. The maximum Gasteiger partial charge on any atom is 0.441 e. The third-order valence-corrected chi connectivity index (χ3v) is 6.65. The van der Waals surface area contributed by atoms with Gasteiger partial charge in [0.25, 0.3) is 0 Å². The highest BCUT2D eigenvalue weighted by atomic mass is 32.2. The summed E-state index contributed by atoms with van der Waals surface area (Å²) in [4.78, 5) is 23.7. The molecule has 1 saturated heterocycles. The van der Waals surface area contributed by atoms with Crippen molar-refractivity contribution >= 4 is 16.0 Å². The van der Waals surface area contributed by atoms with E-state index in [4.69, 9.17) is 9.26 Å². The van der Waals surface area contributed by atoms with Crippen LogP contribution in [-0.4, -0.2) is 53.9 Å². The van der Waals surface area contributed by atoms with E-state index in [1.165, 1.54) is 16.0 Å². The van der Waals surface area contributed by atoms with Gasteiger partial charge in [-0.3, -0.25) is 13.9 Å². The Morgan fingerprint density at radius 2 is 2.12 bits per heavy atom. The molecule has 3 rings (SSSR count). The van der Waals surface area contributed by atoms with Gasteiger partial charge >= 0.3 is 11.7 Å². The molecular formula is C14H21N3O6S. The minimum atomic E-state index is -3.71. The van der Waals surface area contributed by atoms with Crippen LogP contribution in [0.2, 0.25) is 0 Å². The zero-order valence-corrected chi connectivity index (χ0v) is 14.3. The molecule has 10 heteroatoms. The Labute approximate surface area is 139 Å². The molecule has 2 atom stereocenters. The molecule has 2 unspecified atom stereocenters. The number of fused-ring (bicyclic) bond motifs is 1. The smallest absolute Gasteiger partial charge is 0.441 e. The van der Waals surface area contributed by atoms with Crippen LogP contribution in [0.4, 0.5) is 0 Å². The van der Waals surface area contributed by atoms with Crippen LogP contribution in [0.25, 0.3) is 0 Å². The number of aromatic nitrogens is 2. The fourth-order valence-corrected chi connectivity index (χ4v) is 5.52. The molecule has 0 aromatic carbocycles. The lowest BCUT2D eigenvalue weighted by molar-refractivity contribution is -0.144. The topological polar surface area (TPSA) is 112 Å². The van der Waals surface area contributed by atoms with Gasteiger partial charge in [0.15, 0.2) is 5.82 Å². The number of rotatable bonds is 4. The summed E-state index contributed by atoms with van der Waals surface area (Å²) in [5, 5.41) is 3.74. The van der Waals surface area contributed by atoms with Gasteiger partial charge in [0.2, 0.25) is 10.0 Å². The first-order chi connectivity index (χ1) is 11.4. The lowest BCUT2D eigenvalue weighted by Crippen LogP contribution is -2.44. The third-order valence-electron chi connectivity index (χ3n) is 4.69. The van der Waals surface area contributed by atoms with Crippen molar-refractivity contribution in [3.8, 4) is 0 Å². The molecule has 0 radical (unpaired) electrons. The Kier molecular flexibility index (Phi) is 4.77. The lowest BCUT2D eigenvalue weighted by Gasteiger charge is -2.25. The van der Waals surface area contributed by atoms with E-state index in [2.05, 4.69) is 5.16 Å². The molecule has 9 nitrogen and oxygen atoms in total. The fraction of sp³-hybridized carbons (Fsp3) is 0.786. The summed E-state index contributed by atoms with van der Waals surface area (Å²) in [5.74, 6) is -0.921. The summed E-state index contributed by atoms with van der Waals surface area (Å²) in [6, 6.07) is -1.30. The molecule has 1 aromatic heterocycles. The van der Waals surface area contributed by atoms with Crippen molar-refractivity contribution in [3.63, 3.8) is 0 Å². The number of sulfonamides is 1. The molecule has 0 saturated carbocycles. The van der Waals surface area contributed by atoms with Gasteiger partial charge in [-0.2, -0.15) is 4.31 Å². The number of carbonyl (C=O) groups excluding carboxylic acids is 1. The second-order valence-electron chi connectivity index (χ2n) is 6.20. The predicted octanol–water partition coefficient (Wildman–Crippen LogP) is 0.0710. The lowest BCUT2D eigenvalue weighted by atomic mass is 10.1. The molecule has 2 aliphatic heterocycles. The first-order valence-corrected chi connectivity index (χ1v) is 9.69. The minimum Gasteiger partial charge on any atom is -0.468 e. The molecule has 2 aliphatic rings. The second-order valence-corrected chi connectivity index (χ2v) is 8.17. The number of esters is 1. The van der Waals surface area contributed by atoms with Crippen molar-refractivity contribution in [3.05, 3.63) is 16.4 Å². The van der Waals surface area contributed by atoms with Crippen molar-refractivity contribution in [2.75, 3.05) is 19.4 Å². The molecule has 1 fully saturated rings. The molecule has 134 valence electrons. The standard InChI is InChI=1S/C14H21N3O6S/c1-22-13(18)11-6-4-8-16(11)24(20,21)9-10-5-2-3-7-12-15-23-14(19)17(10)12/h10-11H,2-9H2,1H3. The zero-order chi connectivity index (χ0) is 17.3. The Morgan fingerprint density at radius 1 is 1.33 bits per heavy atom. The molecule has 0 bridgehead atoms. The van der Waals surface area contributed by atoms with E-state index in [-0.39, 0.29) is 5.75 Å². The van der Waals surface area contributed by atoms with Gasteiger partial charge in [0, 0.05) is 13.0 Å². The van der Waals surface area contributed by atoms with E-state index < -0.39 is 33.8 Å². The van der Waals surface area contributed by atoms with Gasteiger partial charge in [0.1, 0.15) is 6.04 Å². The summed E-state index contributed by atoms with van der Waals surface area (Å²) in [6.07, 6.45) is 3.86. The van der Waals surface area contributed by atoms with Gasteiger partial charge in [-0.25, -0.2) is 13.2 Å². The van der Waals surface area contributed by atoms with E-state index in [9.17, 15) is 18.0 Å². The van der Waals surface area contributed by atoms with Crippen LogP contribution in [-0.2, 0) is 26.0 Å². The molecule has 24 heavy (non-hydrogen) atoms. The largest absolute Gasteiger partial charge is 0.468 e. The number of hydrogen-bond acceptors (Lipinski definition) is 7. The maximum atomic E-state index is 12.8. The zero-order valence-electron chi connectivity index (χ0n) is 13.5. The van der Waals surface area contributed by atoms with Crippen LogP contribution in [0.15, 0.2) is 9.32 Å². The highest BCUT2D eigenvalue weighted by molar-refractivity contribution is 7.89. The van der Waals surface area contributed by atoms with Crippen LogP contribution in [0.1, 0.15) is 44.0 Å². The van der Waals surface area contributed by atoms with Gasteiger partial charge in [0.05, 0.1) is 18.9 Å². The SMILES string of the molecule is COC(=O)C1CCCN1S(=O)(=O)CC1CCCCc2noc(=O)n21. The van der Waals surface area contributed by atoms with Crippen molar-refractivity contribution in [2.24, 2.45) is 0 Å². The fourth-order valence-electron chi connectivity index (χ4n) is 3.54. The van der Waals surface area contributed by atoms with E-state index in [1.807, 2.05) is 0 Å². The molecule has 3 heterocycles. The van der Waals surface area contributed by atoms with Gasteiger partial charge in [-0.1, -0.05) is 11.6 Å². The van der Waals surface area contributed by atoms with Crippen molar-refractivity contribution < 1.29 is 22.5 Å². The third kappa shape index (κ3) is 3.12. The quantitative estimate of drug-likeness (QED) is 0.699. The van der Waals surface area contributed by atoms with Crippen LogP contribution in [0.3, 0.4) is 0 Å². The number of aryl methyl sites for hydroxylation is 1. The molecular weight excluding hydrogens is 338 g/mol. The summed E-state index contributed by atoms with van der Waals surface area (Å²) in [5.41, 5.74) is 0. The van der Waals surface area contributed by atoms with Crippen molar-refractivity contribution in [2.45, 2.75) is 50.6 Å². The van der Waals surface area contributed by atoms with Gasteiger partial charge in [-0.05, 0) is 25.7 Å². The number of methoxy groups -OCH3 is 1. The molecule has 0 N–H and O–H groups in total.